The predicted molar refractivity (Wildman–Crippen MR) is 71.6 cm³/mol. The van der Waals surface area contributed by atoms with E-state index < -0.39 is 0 Å². The first-order valence-electron chi connectivity index (χ1n) is 6.73. The van der Waals surface area contributed by atoms with Crippen molar-refractivity contribution < 1.29 is 0 Å². The molecule has 0 amide bonds. The van der Waals surface area contributed by atoms with Gasteiger partial charge in [-0.3, -0.25) is 0 Å². The fraction of sp³-hybridized carbons (Fsp3) is 1.00. The highest BCUT2D eigenvalue weighted by Crippen LogP contribution is 1.90. The standard InChI is InChI=1S/C12H30N4/c13-7-2-1-4-9-15-11-6-12-16-10-5-3-8-14/h15-16H,1-14H2. The molecule has 0 atom stereocenters. The van der Waals surface area contributed by atoms with Gasteiger partial charge >= 0.3 is 0 Å². The molecule has 0 aliphatic heterocycles. The highest BCUT2D eigenvalue weighted by molar-refractivity contribution is 4.53. The number of hydrogen-bond acceptors (Lipinski definition) is 4. The summed E-state index contributed by atoms with van der Waals surface area (Å²) in [7, 11) is 0. The lowest BCUT2D eigenvalue weighted by atomic mass is 10.2. The smallest absolute Gasteiger partial charge is 0.00368 e. The van der Waals surface area contributed by atoms with Crippen molar-refractivity contribution in [1.82, 2.24) is 10.6 Å². The molecule has 0 bridgehead atoms. The van der Waals surface area contributed by atoms with Gasteiger partial charge in [0.15, 0.2) is 0 Å². The Bertz CT molecular complexity index is 106. The lowest BCUT2D eigenvalue weighted by molar-refractivity contribution is 0.559. The van der Waals surface area contributed by atoms with E-state index in [9.17, 15) is 0 Å². The van der Waals surface area contributed by atoms with Crippen LogP contribution in [-0.4, -0.2) is 39.3 Å². The van der Waals surface area contributed by atoms with Crippen LogP contribution in [0.4, 0.5) is 0 Å². The number of unbranched alkanes of at least 4 members (excludes halogenated alkanes) is 3. The van der Waals surface area contributed by atoms with Crippen LogP contribution < -0.4 is 22.1 Å². The molecule has 0 saturated carbocycles. The predicted octanol–water partition coefficient (Wildman–Crippen LogP) is 0.424. The maximum Gasteiger partial charge on any atom is -0.00368 e. The average Bonchev–Trinajstić information content (AvgIpc) is 2.31. The molecular formula is C12H30N4. The van der Waals surface area contributed by atoms with Crippen LogP contribution in [0.25, 0.3) is 0 Å². The summed E-state index contributed by atoms with van der Waals surface area (Å²) in [5.41, 5.74) is 10.8. The SMILES string of the molecule is NCCCCCNCCCNCCCCN. The minimum absolute atomic E-state index is 0.812. The van der Waals surface area contributed by atoms with Gasteiger partial charge in [-0.1, -0.05) is 6.42 Å². The zero-order chi connectivity index (χ0) is 11.9. The highest BCUT2D eigenvalue weighted by Gasteiger charge is 1.90. The lowest BCUT2D eigenvalue weighted by Gasteiger charge is -2.06. The number of nitrogens with two attached hydrogens (primary N) is 2. The van der Waals surface area contributed by atoms with Gasteiger partial charge in [-0.05, 0) is 71.4 Å². The van der Waals surface area contributed by atoms with Crippen LogP contribution in [-0.2, 0) is 0 Å². The second-order valence-electron chi connectivity index (χ2n) is 4.20. The number of nitrogens with one attached hydrogen (secondary N) is 2. The fourth-order valence-corrected chi connectivity index (χ4v) is 1.55. The van der Waals surface area contributed by atoms with Gasteiger partial charge in [0.1, 0.15) is 0 Å². The first-order chi connectivity index (χ1) is 7.91. The van der Waals surface area contributed by atoms with E-state index in [-0.39, 0.29) is 0 Å². The zero-order valence-electron chi connectivity index (χ0n) is 10.6. The van der Waals surface area contributed by atoms with Gasteiger partial charge in [-0.25, -0.2) is 0 Å². The molecule has 0 fully saturated rings. The second-order valence-corrected chi connectivity index (χ2v) is 4.20. The van der Waals surface area contributed by atoms with Gasteiger partial charge in [0.2, 0.25) is 0 Å². The van der Waals surface area contributed by atoms with Gasteiger partial charge in [0.25, 0.3) is 0 Å². The normalized spacial score (nSPS) is 10.9. The Morgan fingerprint density at radius 2 is 0.938 bits per heavy atom. The third-order valence-electron chi connectivity index (χ3n) is 2.57. The zero-order valence-corrected chi connectivity index (χ0v) is 10.6. The van der Waals surface area contributed by atoms with Crippen molar-refractivity contribution in [3.05, 3.63) is 0 Å². The van der Waals surface area contributed by atoms with Crippen LogP contribution in [0, 0.1) is 0 Å². The Hall–Kier alpha value is -0.160. The first-order valence-corrected chi connectivity index (χ1v) is 6.73. The van der Waals surface area contributed by atoms with Crippen LogP contribution in [0.15, 0.2) is 0 Å². The van der Waals surface area contributed by atoms with Crippen molar-refractivity contribution in [2.24, 2.45) is 11.5 Å². The highest BCUT2D eigenvalue weighted by atomic mass is 14.9. The molecule has 0 aliphatic rings. The molecule has 98 valence electrons. The molecule has 0 aromatic rings. The molecular weight excluding hydrogens is 200 g/mol. The average molecular weight is 230 g/mol. The Morgan fingerprint density at radius 3 is 1.50 bits per heavy atom. The minimum Gasteiger partial charge on any atom is -0.330 e. The molecule has 0 aliphatic carbocycles. The molecule has 0 rings (SSSR count). The quantitative estimate of drug-likeness (QED) is 0.346. The summed E-state index contributed by atoms with van der Waals surface area (Å²) >= 11 is 0. The summed E-state index contributed by atoms with van der Waals surface area (Å²) in [6.07, 6.45) is 7.20. The van der Waals surface area contributed by atoms with Gasteiger partial charge < -0.3 is 22.1 Å². The molecule has 0 heterocycles. The molecule has 0 saturated heterocycles. The third-order valence-corrected chi connectivity index (χ3v) is 2.57. The maximum atomic E-state index is 5.42. The van der Waals surface area contributed by atoms with Crippen LogP contribution >= 0.6 is 0 Å². The van der Waals surface area contributed by atoms with E-state index in [1.54, 1.807) is 0 Å². The summed E-state index contributed by atoms with van der Waals surface area (Å²) < 4.78 is 0. The van der Waals surface area contributed by atoms with Crippen molar-refractivity contribution in [3.63, 3.8) is 0 Å². The Morgan fingerprint density at radius 1 is 0.500 bits per heavy atom. The summed E-state index contributed by atoms with van der Waals surface area (Å²) in [4.78, 5) is 0. The number of hydrogen-bond donors (Lipinski definition) is 4. The fourth-order valence-electron chi connectivity index (χ4n) is 1.55. The Kier molecular flexibility index (Phi) is 14.7. The molecule has 0 spiro atoms. The molecule has 4 nitrogen and oxygen atoms in total. The van der Waals surface area contributed by atoms with E-state index >= 15 is 0 Å². The van der Waals surface area contributed by atoms with Crippen molar-refractivity contribution in [3.8, 4) is 0 Å². The molecule has 0 aromatic heterocycles. The minimum atomic E-state index is 0.812. The maximum absolute atomic E-state index is 5.42. The van der Waals surface area contributed by atoms with E-state index in [1.807, 2.05) is 0 Å². The molecule has 4 heteroatoms. The van der Waals surface area contributed by atoms with E-state index in [1.165, 1.54) is 25.7 Å². The van der Waals surface area contributed by atoms with Crippen LogP contribution in [0.3, 0.4) is 0 Å². The summed E-state index contributed by atoms with van der Waals surface area (Å²) in [6, 6.07) is 0. The van der Waals surface area contributed by atoms with Gasteiger partial charge in [-0.15, -0.1) is 0 Å². The Balaban J connectivity index is 2.83. The van der Waals surface area contributed by atoms with E-state index in [0.29, 0.717) is 0 Å². The lowest BCUT2D eigenvalue weighted by Crippen LogP contribution is -2.23. The van der Waals surface area contributed by atoms with Crippen molar-refractivity contribution in [2.75, 3.05) is 39.3 Å². The van der Waals surface area contributed by atoms with E-state index in [4.69, 9.17) is 11.5 Å². The monoisotopic (exact) mass is 230 g/mol. The van der Waals surface area contributed by atoms with E-state index in [0.717, 1.165) is 52.1 Å². The van der Waals surface area contributed by atoms with Crippen molar-refractivity contribution in [1.29, 1.82) is 0 Å². The molecule has 0 radical (unpaired) electrons. The van der Waals surface area contributed by atoms with E-state index in [2.05, 4.69) is 10.6 Å². The largest absolute Gasteiger partial charge is 0.330 e. The van der Waals surface area contributed by atoms with Crippen LogP contribution in [0.2, 0.25) is 0 Å². The Labute approximate surface area is 101 Å². The third kappa shape index (κ3) is 13.8. The van der Waals surface area contributed by atoms with Gasteiger partial charge in [0, 0.05) is 0 Å². The van der Waals surface area contributed by atoms with Gasteiger partial charge in [0.05, 0.1) is 0 Å². The van der Waals surface area contributed by atoms with Gasteiger partial charge in [-0.2, -0.15) is 0 Å². The molecule has 0 aromatic carbocycles. The number of rotatable bonds is 13. The topological polar surface area (TPSA) is 76.1 Å². The van der Waals surface area contributed by atoms with Crippen molar-refractivity contribution >= 4 is 0 Å². The summed E-state index contributed by atoms with van der Waals surface area (Å²) in [5.74, 6) is 0. The molecule has 6 N–H and O–H groups in total. The first kappa shape index (κ1) is 15.8. The summed E-state index contributed by atoms with van der Waals surface area (Å²) in [6.45, 7) is 6.10. The van der Waals surface area contributed by atoms with Crippen molar-refractivity contribution in [2.45, 2.75) is 38.5 Å². The molecule has 0 unspecified atom stereocenters. The molecule has 16 heavy (non-hydrogen) atoms. The summed E-state index contributed by atoms with van der Waals surface area (Å²) in [5, 5.41) is 6.86. The van der Waals surface area contributed by atoms with Crippen LogP contribution in [0.5, 0.6) is 0 Å². The van der Waals surface area contributed by atoms with Crippen LogP contribution in [0.1, 0.15) is 38.5 Å². The second kappa shape index (κ2) is 14.8.